The van der Waals surface area contributed by atoms with Crippen molar-refractivity contribution >= 4 is 5.97 Å². The highest BCUT2D eigenvalue weighted by atomic mass is 16.5. The summed E-state index contributed by atoms with van der Waals surface area (Å²) in [5, 5.41) is 10.7. The summed E-state index contributed by atoms with van der Waals surface area (Å²) in [6, 6.07) is 9.53. The number of carbonyl (C=O) groups excluding carboxylic acids is 1. The minimum atomic E-state index is -0.928. The van der Waals surface area contributed by atoms with Crippen molar-refractivity contribution in [2.45, 2.75) is 45.1 Å². The zero-order valence-corrected chi connectivity index (χ0v) is 11.2. The molecule has 1 aromatic carbocycles. The molecule has 1 N–H and O–H groups in total. The van der Waals surface area contributed by atoms with Gasteiger partial charge in [-0.15, -0.1) is 0 Å². The number of carbonyl (C=O) groups is 1. The van der Waals surface area contributed by atoms with Crippen molar-refractivity contribution < 1.29 is 14.6 Å². The molecule has 0 radical (unpaired) electrons. The molecule has 0 heterocycles. The molecule has 3 nitrogen and oxygen atoms in total. The van der Waals surface area contributed by atoms with E-state index in [1.54, 1.807) is 6.92 Å². The van der Waals surface area contributed by atoms with Crippen molar-refractivity contribution in [2.24, 2.45) is 0 Å². The standard InChI is InChI=1S/C15H22O3/c1-3-11-15(17,12-10-14(16)18-4-2)13-8-6-5-7-9-13/h5-9,17H,3-4,10-12H2,1-2H3. The third-order valence-corrected chi connectivity index (χ3v) is 3.02. The molecule has 0 bridgehead atoms. The van der Waals surface area contributed by atoms with E-state index in [2.05, 4.69) is 0 Å². The minimum Gasteiger partial charge on any atom is -0.466 e. The van der Waals surface area contributed by atoms with Crippen LogP contribution < -0.4 is 0 Å². The Morgan fingerprint density at radius 1 is 1.22 bits per heavy atom. The Hall–Kier alpha value is -1.35. The quantitative estimate of drug-likeness (QED) is 0.757. The lowest BCUT2D eigenvalue weighted by molar-refractivity contribution is -0.144. The summed E-state index contributed by atoms with van der Waals surface area (Å²) in [4.78, 5) is 11.4. The molecule has 0 amide bonds. The van der Waals surface area contributed by atoms with E-state index < -0.39 is 5.60 Å². The third-order valence-electron chi connectivity index (χ3n) is 3.02. The van der Waals surface area contributed by atoms with Crippen molar-refractivity contribution in [3.8, 4) is 0 Å². The smallest absolute Gasteiger partial charge is 0.305 e. The van der Waals surface area contributed by atoms with Gasteiger partial charge in [-0.25, -0.2) is 0 Å². The van der Waals surface area contributed by atoms with Gasteiger partial charge in [-0.1, -0.05) is 43.7 Å². The van der Waals surface area contributed by atoms with E-state index in [1.165, 1.54) is 0 Å². The molecular weight excluding hydrogens is 228 g/mol. The maximum atomic E-state index is 11.4. The van der Waals surface area contributed by atoms with Crippen molar-refractivity contribution in [1.29, 1.82) is 0 Å². The van der Waals surface area contributed by atoms with Crippen LogP contribution in [0.5, 0.6) is 0 Å². The maximum absolute atomic E-state index is 11.4. The van der Waals surface area contributed by atoms with Gasteiger partial charge in [0.05, 0.1) is 12.2 Å². The first-order valence-corrected chi connectivity index (χ1v) is 6.56. The fourth-order valence-corrected chi connectivity index (χ4v) is 2.12. The lowest BCUT2D eigenvalue weighted by Gasteiger charge is -2.28. The molecule has 0 aliphatic rings. The van der Waals surface area contributed by atoms with E-state index in [9.17, 15) is 9.90 Å². The minimum absolute atomic E-state index is 0.247. The molecule has 0 saturated heterocycles. The fraction of sp³-hybridized carbons (Fsp3) is 0.533. The van der Waals surface area contributed by atoms with Gasteiger partial charge in [-0.2, -0.15) is 0 Å². The lowest BCUT2D eigenvalue weighted by Crippen LogP contribution is -2.26. The molecule has 0 saturated carbocycles. The van der Waals surface area contributed by atoms with E-state index in [1.807, 2.05) is 37.3 Å². The molecule has 3 heteroatoms. The zero-order valence-electron chi connectivity index (χ0n) is 11.2. The third kappa shape index (κ3) is 4.15. The zero-order chi connectivity index (χ0) is 13.4. The van der Waals surface area contributed by atoms with Gasteiger partial charge in [-0.05, 0) is 25.3 Å². The number of aliphatic hydroxyl groups is 1. The van der Waals surface area contributed by atoms with Crippen LogP contribution in [0.2, 0.25) is 0 Å². The molecule has 1 aromatic rings. The molecule has 0 spiro atoms. The Balaban J connectivity index is 2.72. The van der Waals surface area contributed by atoms with Crippen LogP contribution in [-0.4, -0.2) is 17.7 Å². The van der Waals surface area contributed by atoms with E-state index >= 15 is 0 Å². The number of hydrogen-bond donors (Lipinski definition) is 1. The maximum Gasteiger partial charge on any atom is 0.305 e. The van der Waals surface area contributed by atoms with Crippen LogP contribution >= 0.6 is 0 Å². The summed E-state index contributed by atoms with van der Waals surface area (Å²) >= 11 is 0. The summed E-state index contributed by atoms with van der Waals surface area (Å²) in [7, 11) is 0. The summed E-state index contributed by atoms with van der Waals surface area (Å²) < 4.78 is 4.90. The molecule has 0 aromatic heterocycles. The SMILES string of the molecule is CCCC(O)(CCC(=O)OCC)c1ccccc1. The van der Waals surface area contributed by atoms with Crippen molar-refractivity contribution in [3.05, 3.63) is 35.9 Å². The number of benzene rings is 1. The monoisotopic (exact) mass is 250 g/mol. The number of esters is 1. The number of rotatable bonds is 7. The predicted octanol–water partition coefficient (Wildman–Crippen LogP) is 3.02. The van der Waals surface area contributed by atoms with Gasteiger partial charge in [0.2, 0.25) is 0 Å². The first kappa shape index (κ1) is 14.7. The first-order valence-electron chi connectivity index (χ1n) is 6.56. The van der Waals surface area contributed by atoms with Crippen LogP contribution in [-0.2, 0) is 15.1 Å². The van der Waals surface area contributed by atoms with Crippen LogP contribution in [0.4, 0.5) is 0 Å². The molecule has 1 unspecified atom stereocenters. The van der Waals surface area contributed by atoms with E-state index in [4.69, 9.17) is 4.74 Å². The Labute approximate surface area is 109 Å². The van der Waals surface area contributed by atoms with Crippen molar-refractivity contribution in [3.63, 3.8) is 0 Å². The van der Waals surface area contributed by atoms with E-state index in [0.29, 0.717) is 19.4 Å². The fourth-order valence-electron chi connectivity index (χ4n) is 2.12. The Bertz CT molecular complexity index is 361. The van der Waals surface area contributed by atoms with Gasteiger partial charge in [0, 0.05) is 6.42 Å². The highest BCUT2D eigenvalue weighted by Crippen LogP contribution is 2.31. The first-order chi connectivity index (χ1) is 8.62. The topological polar surface area (TPSA) is 46.5 Å². The second-order valence-corrected chi connectivity index (χ2v) is 4.45. The van der Waals surface area contributed by atoms with Crippen LogP contribution in [0, 0.1) is 0 Å². The molecular formula is C15H22O3. The summed E-state index contributed by atoms with van der Waals surface area (Å²) in [5.41, 5.74) is -0.0564. The van der Waals surface area contributed by atoms with Gasteiger partial charge in [-0.3, -0.25) is 4.79 Å². The van der Waals surface area contributed by atoms with Gasteiger partial charge in [0.1, 0.15) is 0 Å². The summed E-state index contributed by atoms with van der Waals surface area (Å²) in [6.45, 7) is 4.20. The highest BCUT2D eigenvalue weighted by molar-refractivity contribution is 5.69. The van der Waals surface area contributed by atoms with Gasteiger partial charge in [0.15, 0.2) is 0 Å². The predicted molar refractivity (Wildman–Crippen MR) is 71.1 cm³/mol. The van der Waals surface area contributed by atoms with Gasteiger partial charge >= 0.3 is 5.97 Å². The summed E-state index contributed by atoms with van der Waals surface area (Å²) in [5.74, 6) is -0.247. The average Bonchev–Trinajstić information content (AvgIpc) is 2.38. The molecule has 100 valence electrons. The van der Waals surface area contributed by atoms with E-state index in [0.717, 1.165) is 12.0 Å². The molecule has 0 aliphatic carbocycles. The molecule has 18 heavy (non-hydrogen) atoms. The largest absolute Gasteiger partial charge is 0.466 e. The van der Waals surface area contributed by atoms with Crippen LogP contribution in [0.15, 0.2) is 30.3 Å². The van der Waals surface area contributed by atoms with Gasteiger partial charge in [0.25, 0.3) is 0 Å². The van der Waals surface area contributed by atoms with Crippen LogP contribution in [0.25, 0.3) is 0 Å². The normalized spacial score (nSPS) is 13.9. The van der Waals surface area contributed by atoms with Crippen LogP contribution in [0.1, 0.15) is 45.1 Å². The highest BCUT2D eigenvalue weighted by Gasteiger charge is 2.28. The Kier molecular flexibility index (Phi) is 5.86. The Morgan fingerprint density at radius 3 is 2.44 bits per heavy atom. The lowest BCUT2D eigenvalue weighted by atomic mass is 9.85. The average molecular weight is 250 g/mol. The number of ether oxygens (including phenoxy) is 1. The second-order valence-electron chi connectivity index (χ2n) is 4.45. The molecule has 1 atom stereocenters. The van der Waals surface area contributed by atoms with E-state index in [-0.39, 0.29) is 12.4 Å². The number of hydrogen-bond acceptors (Lipinski definition) is 3. The summed E-state index contributed by atoms with van der Waals surface area (Å²) in [6.07, 6.45) is 2.17. The molecule has 1 rings (SSSR count). The second kappa shape index (κ2) is 7.17. The molecule has 0 aliphatic heterocycles. The van der Waals surface area contributed by atoms with Crippen molar-refractivity contribution in [2.75, 3.05) is 6.61 Å². The van der Waals surface area contributed by atoms with Crippen molar-refractivity contribution in [1.82, 2.24) is 0 Å². The molecule has 0 fully saturated rings. The van der Waals surface area contributed by atoms with Gasteiger partial charge < -0.3 is 9.84 Å². The Morgan fingerprint density at radius 2 is 1.89 bits per heavy atom. The van der Waals surface area contributed by atoms with Crippen LogP contribution in [0.3, 0.4) is 0 Å².